The molecule has 0 atom stereocenters. The molecule has 6 heteroatoms. The molecule has 0 aliphatic carbocycles. The maximum Gasteiger partial charge on any atom is 0.279 e. The van der Waals surface area contributed by atoms with Crippen molar-refractivity contribution in [1.82, 2.24) is 4.90 Å². The molecule has 0 saturated carbocycles. The topological polar surface area (TPSA) is 53.9 Å². The number of carbonyl (C=O) groups excluding carboxylic acids is 2. The van der Waals surface area contributed by atoms with E-state index < -0.39 is 0 Å². The van der Waals surface area contributed by atoms with Crippen molar-refractivity contribution in [3.63, 3.8) is 0 Å². The average molecular weight is 370 g/mol. The molecular formula is C21H25FN3O2+. The number of halogens is 1. The van der Waals surface area contributed by atoms with Gasteiger partial charge in [-0.15, -0.1) is 0 Å². The molecule has 0 aromatic heterocycles. The minimum atomic E-state index is -0.374. The van der Waals surface area contributed by atoms with Crippen molar-refractivity contribution < 1.29 is 18.9 Å². The summed E-state index contributed by atoms with van der Waals surface area (Å²) in [4.78, 5) is 27.6. The molecule has 3 rings (SSSR count). The van der Waals surface area contributed by atoms with Gasteiger partial charge in [-0.1, -0.05) is 35.9 Å². The van der Waals surface area contributed by atoms with Crippen LogP contribution in [0.2, 0.25) is 0 Å². The summed E-state index contributed by atoms with van der Waals surface area (Å²) in [5, 5.41) is 2.72. The molecular weight excluding hydrogens is 345 g/mol. The van der Waals surface area contributed by atoms with Crippen molar-refractivity contribution in [1.29, 1.82) is 0 Å². The van der Waals surface area contributed by atoms with Gasteiger partial charge in [0, 0.05) is 5.69 Å². The van der Waals surface area contributed by atoms with E-state index in [0.29, 0.717) is 31.7 Å². The SMILES string of the molecule is Cc1ccc(CC(=O)N2CC[NH+](CC(=O)Nc3cccc(F)c3)CC2)cc1. The minimum absolute atomic E-state index is 0.127. The highest BCUT2D eigenvalue weighted by Crippen LogP contribution is 2.08. The molecule has 142 valence electrons. The highest BCUT2D eigenvalue weighted by atomic mass is 19.1. The second kappa shape index (κ2) is 8.77. The Morgan fingerprint density at radius 3 is 2.48 bits per heavy atom. The summed E-state index contributed by atoms with van der Waals surface area (Å²) in [5.41, 5.74) is 2.67. The van der Waals surface area contributed by atoms with Gasteiger partial charge in [0.1, 0.15) is 5.82 Å². The fraction of sp³-hybridized carbons (Fsp3) is 0.333. The number of quaternary nitrogens is 1. The van der Waals surface area contributed by atoms with Crippen molar-refractivity contribution in [2.45, 2.75) is 13.3 Å². The van der Waals surface area contributed by atoms with E-state index in [4.69, 9.17) is 0 Å². The van der Waals surface area contributed by atoms with Crippen LogP contribution in [-0.2, 0) is 16.0 Å². The number of rotatable bonds is 5. The van der Waals surface area contributed by atoms with Gasteiger partial charge < -0.3 is 15.1 Å². The first-order valence-corrected chi connectivity index (χ1v) is 9.22. The van der Waals surface area contributed by atoms with Crippen LogP contribution in [-0.4, -0.2) is 49.4 Å². The summed E-state index contributed by atoms with van der Waals surface area (Å²) in [7, 11) is 0. The number of piperazine rings is 1. The fourth-order valence-corrected chi connectivity index (χ4v) is 3.24. The Kier molecular flexibility index (Phi) is 6.19. The maximum absolute atomic E-state index is 13.2. The zero-order valence-electron chi connectivity index (χ0n) is 15.5. The van der Waals surface area contributed by atoms with E-state index in [1.54, 1.807) is 12.1 Å². The van der Waals surface area contributed by atoms with Crippen LogP contribution in [0.25, 0.3) is 0 Å². The molecule has 1 heterocycles. The van der Waals surface area contributed by atoms with Crippen molar-refractivity contribution in [3.8, 4) is 0 Å². The molecule has 0 unspecified atom stereocenters. The van der Waals surface area contributed by atoms with Crippen LogP contribution < -0.4 is 10.2 Å². The lowest BCUT2D eigenvalue weighted by Gasteiger charge is -2.32. The molecule has 2 N–H and O–H groups in total. The molecule has 0 radical (unpaired) electrons. The number of amides is 2. The number of nitrogens with one attached hydrogen (secondary N) is 2. The first-order chi connectivity index (χ1) is 13.0. The van der Waals surface area contributed by atoms with E-state index in [0.717, 1.165) is 23.6 Å². The number of carbonyl (C=O) groups is 2. The molecule has 27 heavy (non-hydrogen) atoms. The largest absolute Gasteiger partial charge is 0.331 e. The van der Waals surface area contributed by atoms with Gasteiger partial charge in [-0.25, -0.2) is 4.39 Å². The third-order valence-electron chi connectivity index (χ3n) is 4.82. The fourth-order valence-electron chi connectivity index (χ4n) is 3.24. The number of benzene rings is 2. The van der Waals surface area contributed by atoms with E-state index in [9.17, 15) is 14.0 Å². The molecule has 1 aliphatic heterocycles. The molecule has 1 fully saturated rings. The molecule has 1 saturated heterocycles. The molecule has 5 nitrogen and oxygen atoms in total. The number of aryl methyl sites for hydroxylation is 1. The predicted molar refractivity (Wildman–Crippen MR) is 102 cm³/mol. The van der Waals surface area contributed by atoms with Crippen LogP contribution in [0.1, 0.15) is 11.1 Å². The zero-order chi connectivity index (χ0) is 19.2. The summed E-state index contributed by atoms with van der Waals surface area (Å²) in [6, 6.07) is 13.9. The highest BCUT2D eigenvalue weighted by Gasteiger charge is 2.25. The normalized spacial score (nSPS) is 14.8. The Hall–Kier alpha value is -2.73. The van der Waals surface area contributed by atoms with Crippen LogP contribution in [0.15, 0.2) is 48.5 Å². The molecule has 0 spiro atoms. The maximum atomic E-state index is 13.2. The summed E-state index contributed by atoms with van der Waals surface area (Å²) >= 11 is 0. The lowest BCUT2D eigenvalue weighted by Crippen LogP contribution is -3.15. The van der Waals surface area contributed by atoms with Gasteiger partial charge in [0.05, 0.1) is 32.6 Å². The van der Waals surface area contributed by atoms with Crippen LogP contribution in [0, 0.1) is 12.7 Å². The number of anilines is 1. The Bertz CT molecular complexity index is 799. The first kappa shape index (κ1) is 19.0. The predicted octanol–water partition coefficient (Wildman–Crippen LogP) is 1.04. The van der Waals surface area contributed by atoms with E-state index in [2.05, 4.69) is 5.32 Å². The highest BCUT2D eigenvalue weighted by molar-refractivity contribution is 5.91. The van der Waals surface area contributed by atoms with Crippen molar-refractivity contribution >= 4 is 17.5 Å². The second-order valence-corrected chi connectivity index (χ2v) is 7.03. The average Bonchev–Trinajstić information content (AvgIpc) is 2.64. The monoisotopic (exact) mass is 370 g/mol. The number of hydrogen-bond acceptors (Lipinski definition) is 2. The molecule has 2 aromatic carbocycles. The lowest BCUT2D eigenvalue weighted by molar-refractivity contribution is -0.895. The Balaban J connectivity index is 1.43. The minimum Gasteiger partial charge on any atom is -0.331 e. The lowest BCUT2D eigenvalue weighted by atomic mass is 10.1. The van der Waals surface area contributed by atoms with Crippen molar-refractivity contribution in [2.24, 2.45) is 0 Å². The van der Waals surface area contributed by atoms with Gasteiger partial charge >= 0.3 is 0 Å². The Labute approximate surface area is 158 Å². The molecule has 2 amide bonds. The van der Waals surface area contributed by atoms with Crippen molar-refractivity contribution in [2.75, 3.05) is 38.0 Å². The van der Waals surface area contributed by atoms with Gasteiger partial charge in [0.25, 0.3) is 5.91 Å². The van der Waals surface area contributed by atoms with Gasteiger partial charge in [-0.2, -0.15) is 0 Å². The smallest absolute Gasteiger partial charge is 0.279 e. The van der Waals surface area contributed by atoms with Gasteiger partial charge in [-0.05, 0) is 30.7 Å². The van der Waals surface area contributed by atoms with E-state index in [1.807, 2.05) is 36.1 Å². The summed E-state index contributed by atoms with van der Waals surface area (Å²) < 4.78 is 13.2. The van der Waals surface area contributed by atoms with Crippen LogP contribution in [0.3, 0.4) is 0 Å². The number of nitrogens with zero attached hydrogens (tertiary/aromatic N) is 1. The molecule has 1 aliphatic rings. The standard InChI is InChI=1S/C21H24FN3O2/c1-16-5-7-17(8-6-16)13-21(27)25-11-9-24(10-12-25)15-20(26)23-19-4-2-3-18(22)14-19/h2-8,14H,9-13,15H2,1H3,(H,23,26)/p+1. The van der Waals surface area contributed by atoms with Crippen LogP contribution >= 0.6 is 0 Å². The van der Waals surface area contributed by atoms with Gasteiger partial charge in [-0.3, -0.25) is 9.59 Å². The van der Waals surface area contributed by atoms with E-state index in [-0.39, 0.29) is 17.6 Å². The Morgan fingerprint density at radius 1 is 1.11 bits per heavy atom. The zero-order valence-corrected chi connectivity index (χ0v) is 15.5. The second-order valence-electron chi connectivity index (χ2n) is 7.03. The first-order valence-electron chi connectivity index (χ1n) is 9.22. The third-order valence-corrected chi connectivity index (χ3v) is 4.82. The van der Waals surface area contributed by atoms with Crippen LogP contribution in [0.4, 0.5) is 10.1 Å². The van der Waals surface area contributed by atoms with Gasteiger partial charge in [0.2, 0.25) is 5.91 Å². The summed E-state index contributed by atoms with van der Waals surface area (Å²) in [5.74, 6) is -0.391. The Morgan fingerprint density at radius 2 is 1.81 bits per heavy atom. The summed E-state index contributed by atoms with van der Waals surface area (Å²) in [6.07, 6.45) is 0.412. The quantitative estimate of drug-likeness (QED) is 0.827. The van der Waals surface area contributed by atoms with E-state index >= 15 is 0 Å². The van der Waals surface area contributed by atoms with Crippen molar-refractivity contribution in [3.05, 3.63) is 65.5 Å². The summed E-state index contributed by atoms with van der Waals surface area (Å²) in [6.45, 7) is 5.10. The third kappa shape index (κ3) is 5.62. The molecule has 2 aromatic rings. The number of hydrogen-bond donors (Lipinski definition) is 2. The van der Waals surface area contributed by atoms with Crippen LogP contribution in [0.5, 0.6) is 0 Å². The van der Waals surface area contributed by atoms with E-state index in [1.165, 1.54) is 17.7 Å². The molecule has 0 bridgehead atoms. The van der Waals surface area contributed by atoms with Gasteiger partial charge in [0.15, 0.2) is 6.54 Å².